The highest BCUT2D eigenvalue weighted by Crippen LogP contribution is 2.28. The van der Waals surface area contributed by atoms with Gasteiger partial charge in [-0.1, -0.05) is 0 Å². The molecule has 192 valence electrons. The first kappa shape index (κ1) is 26.9. The number of anilines is 1. The Morgan fingerprint density at radius 3 is 2.03 bits per heavy atom. The Morgan fingerprint density at radius 1 is 0.914 bits per heavy atom. The first-order valence-electron chi connectivity index (χ1n) is 11.3. The molecule has 0 aliphatic carbocycles. The lowest BCUT2D eigenvalue weighted by atomic mass is 10.1. The molecule has 0 N–H and O–H groups in total. The van der Waals surface area contributed by atoms with Crippen molar-refractivity contribution in [2.45, 2.75) is 48.8 Å². The van der Waals surface area contributed by atoms with Crippen LogP contribution in [0, 0.1) is 5.82 Å². The first-order valence-corrected chi connectivity index (χ1v) is 14.7. The predicted octanol–water partition coefficient (Wildman–Crippen LogP) is 3.16. The topological polar surface area (TPSA) is 101 Å². The number of carbonyl (C=O) groups excluding carboxylic acids is 1. The van der Waals surface area contributed by atoms with Gasteiger partial charge < -0.3 is 14.5 Å². The summed E-state index contributed by atoms with van der Waals surface area (Å²) in [6, 6.07) is 8.11. The summed E-state index contributed by atoms with van der Waals surface area (Å²) in [5.41, 5.74) is 0.423. The van der Waals surface area contributed by atoms with E-state index in [1.54, 1.807) is 23.6 Å². The highest BCUT2D eigenvalue weighted by atomic mass is 32.2. The van der Waals surface area contributed by atoms with Crippen LogP contribution < -0.4 is 9.64 Å². The lowest BCUT2D eigenvalue weighted by molar-refractivity contribution is 0.0740. The van der Waals surface area contributed by atoms with Crippen molar-refractivity contribution in [2.75, 3.05) is 37.3 Å². The van der Waals surface area contributed by atoms with E-state index in [1.807, 2.05) is 13.8 Å². The van der Waals surface area contributed by atoms with Gasteiger partial charge in [0, 0.05) is 32.4 Å². The van der Waals surface area contributed by atoms with Crippen molar-refractivity contribution < 1.29 is 30.8 Å². The van der Waals surface area contributed by atoms with Crippen LogP contribution in [0.25, 0.3) is 0 Å². The van der Waals surface area contributed by atoms with Crippen molar-refractivity contribution in [3.05, 3.63) is 47.8 Å². The van der Waals surface area contributed by atoms with E-state index >= 15 is 0 Å². The number of hydrogen-bond donors (Lipinski definition) is 0. The molecule has 1 saturated heterocycles. The zero-order chi connectivity index (χ0) is 26.1. The largest absolute Gasteiger partial charge is 0.490 e. The summed E-state index contributed by atoms with van der Waals surface area (Å²) in [5.74, 6) is -0.711. The Balaban J connectivity index is 1.80. The number of piperazine rings is 1. The summed E-state index contributed by atoms with van der Waals surface area (Å²) in [6.45, 7) is 7.90. The summed E-state index contributed by atoms with van der Waals surface area (Å²) in [5, 5.41) is -0.659. The van der Waals surface area contributed by atoms with Crippen LogP contribution in [0.4, 0.5) is 10.1 Å². The molecular formula is C24H31FN2O6S2. The molecule has 3 rings (SSSR count). The van der Waals surface area contributed by atoms with Crippen molar-refractivity contribution in [1.29, 1.82) is 0 Å². The number of halogens is 1. The van der Waals surface area contributed by atoms with E-state index in [0.717, 1.165) is 12.3 Å². The smallest absolute Gasteiger partial charge is 0.257 e. The summed E-state index contributed by atoms with van der Waals surface area (Å²) in [6.07, 6.45) is 0.859. The van der Waals surface area contributed by atoms with Crippen molar-refractivity contribution in [3.8, 4) is 5.75 Å². The Hall–Kier alpha value is -2.66. The number of amides is 1. The predicted molar refractivity (Wildman–Crippen MR) is 132 cm³/mol. The third-order valence-electron chi connectivity index (χ3n) is 5.75. The van der Waals surface area contributed by atoms with E-state index in [1.165, 1.54) is 30.3 Å². The number of ether oxygens (including phenoxy) is 1. The molecule has 1 aliphatic heterocycles. The van der Waals surface area contributed by atoms with Crippen LogP contribution >= 0.6 is 0 Å². The van der Waals surface area contributed by atoms with Crippen LogP contribution in [0.1, 0.15) is 38.1 Å². The summed E-state index contributed by atoms with van der Waals surface area (Å²) in [7, 11) is -7.11. The van der Waals surface area contributed by atoms with Gasteiger partial charge in [-0.15, -0.1) is 0 Å². The van der Waals surface area contributed by atoms with Gasteiger partial charge in [0.1, 0.15) is 11.6 Å². The summed E-state index contributed by atoms with van der Waals surface area (Å²) < 4.78 is 69.3. The van der Waals surface area contributed by atoms with Gasteiger partial charge in [0.05, 0.1) is 32.4 Å². The molecule has 11 heteroatoms. The number of nitrogens with zero attached hydrogens (tertiary/aromatic N) is 2. The van der Waals surface area contributed by atoms with Crippen LogP contribution in [0.3, 0.4) is 0 Å². The molecule has 0 aromatic heterocycles. The molecule has 0 saturated carbocycles. The van der Waals surface area contributed by atoms with Crippen LogP contribution in [-0.4, -0.2) is 71.4 Å². The molecule has 2 aromatic carbocycles. The standard InChI is InChI=1S/C24H31FN2O6S2/c1-16(2)33-23-9-7-18(34(5,29)30)14-20(23)24(28)27-12-10-26(11-13-27)22-8-6-19(15-21(22)25)35(31,32)17(3)4/h6-9,14-17H,10-13H2,1-5H3. The van der Waals surface area contributed by atoms with Gasteiger partial charge in [0.15, 0.2) is 19.7 Å². The average Bonchev–Trinajstić information content (AvgIpc) is 2.77. The molecule has 0 unspecified atom stereocenters. The molecule has 35 heavy (non-hydrogen) atoms. The SMILES string of the molecule is CC(C)Oc1ccc(S(C)(=O)=O)cc1C(=O)N1CCN(c2ccc(S(=O)(=O)C(C)C)cc2F)CC1. The van der Waals surface area contributed by atoms with Crippen LogP contribution in [0.2, 0.25) is 0 Å². The Labute approximate surface area is 206 Å². The molecule has 1 heterocycles. The molecular weight excluding hydrogens is 495 g/mol. The van der Waals surface area contributed by atoms with E-state index in [9.17, 15) is 26.0 Å². The zero-order valence-electron chi connectivity index (χ0n) is 20.5. The van der Waals surface area contributed by atoms with Crippen molar-refractivity contribution in [2.24, 2.45) is 0 Å². The second kappa shape index (κ2) is 10.1. The van der Waals surface area contributed by atoms with Gasteiger partial charge in [-0.2, -0.15) is 0 Å². The lowest BCUT2D eigenvalue weighted by Gasteiger charge is -2.36. The van der Waals surface area contributed by atoms with Gasteiger partial charge in [0.25, 0.3) is 5.91 Å². The molecule has 1 fully saturated rings. The Kier molecular flexibility index (Phi) is 7.80. The summed E-state index contributed by atoms with van der Waals surface area (Å²) in [4.78, 5) is 16.6. The molecule has 8 nitrogen and oxygen atoms in total. The quantitative estimate of drug-likeness (QED) is 0.546. The minimum absolute atomic E-state index is 0.0223. The first-order chi connectivity index (χ1) is 16.2. The van der Waals surface area contributed by atoms with E-state index in [4.69, 9.17) is 4.74 Å². The maximum Gasteiger partial charge on any atom is 0.257 e. The van der Waals surface area contributed by atoms with Gasteiger partial charge in [-0.3, -0.25) is 4.79 Å². The maximum absolute atomic E-state index is 14.8. The van der Waals surface area contributed by atoms with E-state index in [-0.39, 0.29) is 46.1 Å². The normalized spacial score (nSPS) is 15.1. The maximum atomic E-state index is 14.8. The van der Waals surface area contributed by atoms with Crippen LogP contribution in [-0.2, 0) is 19.7 Å². The van der Waals surface area contributed by atoms with Crippen LogP contribution in [0.15, 0.2) is 46.2 Å². The lowest BCUT2D eigenvalue weighted by Crippen LogP contribution is -2.49. The molecule has 1 amide bonds. The summed E-state index contributed by atoms with van der Waals surface area (Å²) >= 11 is 0. The minimum Gasteiger partial charge on any atom is -0.490 e. The highest BCUT2D eigenvalue weighted by Gasteiger charge is 2.28. The second-order valence-electron chi connectivity index (χ2n) is 9.08. The van der Waals surface area contributed by atoms with Crippen molar-refractivity contribution >= 4 is 31.3 Å². The third-order valence-corrected chi connectivity index (χ3v) is 9.01. The van der Waals surface area contributed by atoms with E-state index < -0.39 is 30.7 Å². The van der Waals surface area contributed by atoms with Crippen LogP contribution in [0.5, 0.6) is 5.75 Å². The average molecular weight is 527 g/mol. The zero-order valence-corrected chi connectivity index (χ0v) is 22.1. The van der Waals surface area contributed by atoms with Gasteiger partial charge in [-0.05, 0) is 64.1 Å². The molecule has 2 aromatic rings. The van der Waals surface area contributed by atoms with Gasteiger partial charge in [-0.25, -0.2) is 21.2 Å². The molecule has 0 atom stereocenters. The molecule has 1 aliphatic rings. The number of hydrogen-bond acceptors (Lipinski definition) is 7. The van der Waals surface area contributed by atoms with E-state index in [0.29, 0.717) is 18.8 Å². The number of sulfone groups is 2. The van der Waals surface area contributed by atoms with Gasteiger partial charge >= 0.3 is 0 Å². The Bertz CT molecular complexity index is 1320. The van der Waals surface area contributed by atoms with E-state index in [2.05, 4.69) is 0 Å². The fourth-order valence-electron chi connectivity index (χ4n) is 3.78. The molecule has 0 spiro atoms. The second-order valence-corrected chi connectivity index (χ2v) is 13.6. The highest BCUT2D eigenvalue weighted by molar-refractivity contribution is 7.92. The molecule has 0 radical (unpaired) electrons. The fourth-order valence-corrected chi connectivity index (χ4v) is 5.49. The monoisotopic (exact) mass is 526 g/mol. The third kappa shape index (κ3) is 5.95. The van der Waals surface area contributed by atoms with Crippen molar-refractivity contribution in [1.82, 2.24) is 4.90 Å². The molecule has 0 bridgehead atoms. The minimum atomic E-state index is -3.59. The fraction of sp³-hybridized carbons (Fsp3) is 0.458. The van der Waals surface area contributed by atoms with Crippen molar-refractivity contribution in [3.63, 3.8) is 0 Å². The number of rotatable bonds is 7. The number of benzene rings is 2. The number of carbonyl (C=O) groups is 1. The Morgan fingerprint density at radius 2 is 1.51 bits per heavy atom. The van der Waals surface area contributed by atoms with Gasteiger partial charge in [0.2, 0.25) is 0 Å².